The monoisotopic (exact) mass is 112 g/mol. The van der Waals surface area contributed by atoms with E-state index in [0.717, 1.165) is 6.54 Å². The molecular weight excluding hydrogens is 98.1 g/mol. The van der Waals surface area contributed by atoms with E-state index in [9.17, 15) is 0 Å². The second-order valence-electron chi connectivity index (χ2n) is 1.83. The van der Waals surface area contributed by atoms with Crippen LogP contribution in [0.3, 0.4) is 0 Å². The highest BCUT2D eigenvalue weighted by molar-refractivity contribution is 4.57. The van der Waals surface area contributed by atoms with Crippen LogP contribution in [-0.4, -0.2) is 6.54 Å². The molecule has 0 aliphatic rings. The minimum atomic E-state index is 1.02. The second-order valence-corrected chi connectivity index (χ2v) is 1.83. The van der Waals surface area contributed by atoms with Crippen molar-refractivity contribution in [1.29, 1.82) is 0 Å². The van der Waals surface area contributed by atoms with E-state index >= 15 is 0 Å². The van der Waals surface area contributed by atoms with Gasteiger partial charge < -0.3 is 5.32 Å². The van der Waals surface area contributed by atoms with Gasteiger partial charge in [-0.2, -0.15) is 0 Å². The molecule has 0 aliphatic heterocycles. The highest BCUT2D eigenvalue weighted by Crippen LogP contribution is 1.90. The Bertz CT molecular complexity index is 50.3. The quantitative estimate of drug-likeness (QED) is 0.534. The number of unbranched alkanes of at least 4 members (excludes halogenated alkanes) is 2. The Morgan fingerprint density at radius 1 is 1.50 bits per heavy atom. The standard InChI is InChI=1S/C7H14N/c1-3-5-6-7-8-4-2/h2,4,8H,3,5-7H2,1H3. The smallest absolute Gasteiger partial charge is 0.0141 e. The van der Waals surface area contributed by atoms with Crippen LogP contribution in [0.2, 0.25) is 0 Å². The fraction of sp³-hybridized carbons (Fsp3) is 0.714. The molecule has 1 nitrogen and oxygen atoms in total. The van der Waals surface area contributed by atoms with Crippen LogP contribution in [0.5, 0.6) is 0 Å². The Morgan fingerprint density at radius 2 is 2.25 bits per heavy atom. The Hall–Kier alpha value is -0.460. The van der Waals surface area contributed by atoms with Gasteiger partial charge in [0.15, 0.2) is 0 Å². The van der Waals surface area contributed by atoms with Gasteiger partial charge in [-0.1, -0.05) is 19.8 Å². The van der Waals surface area contributed by atoms with Gasteiger partial charge >= 0.3 is 0 Å². The van der Waals surface area contributed by atoms with Crippen LogP contribution in [0.15, 0.2) is 6.20 Å². The molecule has 0 unspecified atom stereocenters. The molecule has 0 spiro atoms. The summed E-state index contributed by atoms with van der Waals surface area (Å²) in [5.74, 6) is 0. The lowest BCUT2D eigenvalue weighted by Crippen LogP contribution is -2.05. The average Bonchev–Trinajstić information content (AvgIpc) is 1.81. The molecule has 0 saturated carbocycles. The zero-order chi connectivity index (χ0) is 6.24. The van der Waals surface area contributed by atoms with Crippen LogP contribution in [-0.2, 0) is 0 Å². The first-order valence-corrected chi connectivity index (χ1v) is 3.18. The van der Waals surface area contributed by atoms with Crippen molar-refractivity contribution >= 4 is 0 Å². The van der Waals surface area contributed by atoms with Crippen molar-refractivity contribution < 1.29 is 0 Å². The van der Waals surface area contributed by atoms with E-state index in [0.29, 0.717) is 0 Å². The third kappa shape index (κ3) is 5.54. The summed E-state index contributed by atoms with van der Waals surface area (Å²) in [6.45, 7) is 8.28. The lowest BCUT2D eigenvalue weighted by Gasteiger charge is -1.95. The summed E-state index contributed by atoms with van der Waals surface area (Å²) in [6.07, 6.45) is 5.28. The molecule has 1 N–H and O–H groups in total. The number of hydrogen-bond acceptors (Lipinski definition) is 1. The van der Waals surface area contributed by atoms with E-state index in [2.05, 4.69) is 12.2 Å². The summed E-state index contributed by atoms with van der Waals surface area (Å²) in [7, 11) is 0. The summed E-state index contributed by atoms with van der Waals surface area (Å²) < 4.78 is 0. The fourth-order valence-electron chi connectivity index (χ4n) is 0.560. The van der Waals surface area contributed by atoms with Gasteiger partial charge in [-0.05, 0) is 19.2 Å². The van der Waals surface area contributed by atoms with Gasteiger partial charge in [0.2, 0.25) is 0 Å². The van der Waals surface area contributed by atoms with Gasteiger partial charge in [0.25, 0.3) is 0 Å². The molecule has 1 heteroatoms. The van der Waals surface area contributed by atoms with Crippen molar-refractivity contribution in [3.8, 4) is 0 Å². The molecule has 0 aromatic rings. The molecule has 0 aromatic carbocycles. The topological polar surface area (TPSA) is 12.0 Å². The first kappa shape index (κ1) is 7.54. The highest BCUT2D eigenvalue weighted by Gasteiger charge is 1.79. The summed E-state index contributed by atoms with van der Waals surface area (Å²) in [5, 5.41) is 2.94. The molecule has 8 heavy (non-hydrogen) atoms. The van der Waals surface area contributed by atoms with E-state index < -0.39 is 0 Å². The van der Waals surface area contributed by atoms with Gasteiger partial charge in [0, 0.05) is 6.54 Å². The Kier molecular flexibility index (Phi) is 6.16. The van der Waals surface area contributed by atoms with E-state index in [4.69, 9.17) is 6.58 Å². The molecular formula is C7H14N. The van der Waals surface area contributed by atoms with Crippen molar-refractivity contribution in [3.05, 3.63) is 12.8 Å². The first-order chi connectivity index (χ1) is 3.91. The normalized spacial score (nSPS) is 8.62. The zero-order valence-corrected chi connectivity index (χ0v) is 5.48. The minimum Gasteiger partial charge on any atom is -0.391 e. The van der Waals surface area contributed by atoms with Gasteiger partial charge in [-0.25, -0.2) is 0 Å². The summed E-state index contributed by atoms with van der Waals surface area (Å²) >= 11 is 0. The predicted octanol–water partition coefficient (Wildman–Crippen LogP) is 1.71. The maximum absolute atomic E-state index is 5.07. The predicted molar refractivity (Wildman–Crippen MR) is 36.4 cm³/mol. The maximum atomic E-state index is 5.07. The Balaban J connectivity index is 2.62. The first-order valence-electron chi connectivity index (χ1n) is 3.18. The largest absolute Gasteiger partial charge is 0.391 e. The number of hydrogen-bond donors (Lipinski definition) is 1. The minimum absolute atomic E-state index is 1.02. The number of nitrogens with one attached hydrogen (secondary N) is 1. The number of rotatable bonds is 5. The van der Waals surface area contributed by atoms with Gasteiger partial charge in [-0.15, -0.1) is 0 Å². The van der Waals surface area contributed by atoms with E-state index in [1.807, 2.05) is 0 Å². The van der Waals surface area contributed by atoms with Crippen LogP contribution in [0.4, 0.5) is 0 Å². The van der Waals surface area contributed by atoms with Crippen molar-refractivity contribution in [2.75, 3.05) is 6.54 Å². The second kappa shape index (κ2) is 6.54. The van der Waals surface area contributed by atoms with Gasteiger partial charge in [0.05, 0.1) is 0 Å². The average molecular weight is 112 g/mol. The SMILES string of the molecule is [CH]=CNCCCCC. The van der Waals surface area contributed by atoms with Crippen LogP contribution in [0.1, 0.15) is 26.2 Å². The van der Waals surface area contributed by atoms with E-state index in [1.54, 1.807) is 0 Å². The molecule has 0 fully saturated rings. The molecule has 1 radical (unpaired) electrons. The molecule has 0 aromatic heterocycles. The fourth-order valence-corrected chi connectivity index (χ4v) is 0.560. The molecule has 0 aliphatic carbocycles. The molecule has 0 atom stereocenters. The van der Waals surface area contributed by atoms with Crippen LogP contribution in [0, 0.1) is 6.58 Å². The third-order valence-corrected chi connectivity index (χ3v) is 1.04. The van der Waals surface area contributed by atoms with E-state index in [1.165, 1.54) is 25.5 Å². The van der Waals surface area contributed by atoms with Crippen molar-refractivity contribution in [3.63, 3.8) is 0 Å². The molecule has 0 saturated heterocycles. The lowest BCUT2D eigenvalue weighted by atomic mass is 10.2. The van der Waals surface area contributed by atoms with Gasteiger partial charge in [0.1, 0.15) is 0 Å². The van der Waals surface area contributed by atoms with E-state index in [-0.39, 0.29) is 0 Å². The third-order valence-electron chi connectivity index (χ3n) is 1.04. The zero-order valence-electron chi connectivity index (χ0n) is 5.48. The van der Waals surface area contributed by atoms with Crippen LogP contribution >= 0.6 is 0 Å². The van der Waals surface area contributed by atoms with Crippen molar-refractivity contribution in [2.24, 2.45) is 0 Å². The maximum Gasteiger partial charge on any atom is 0.0141 e. The highest BCUT2D eigenvalue weighted by atomic mass is 14.8. The van der Waals surface area contributed by atoms with Crippen molar-refractivity contribution in [2.45, 2.75) is 26.2 Å². The van der Waals surface area contributed by atoms with Crippen molar-refractivity contribution in [1.82, 2.24) is 5.32 Å². The molecule has 0 rings (SSSR count). The summed E-state index contributed by atoms with van der Waals surface area (Å²) in [6, 6.07) is 0. The Morgan fingerprint density at radius 3 is 2.75 bits per heavy atom. The molecule has 47 valence electrons. The summed E-state index contributed by atoms with van der Waals surface area (Å²) in [4.78, 5) is 0. The lowest BCUT2D eigenvalue weighted by molar-refractivity contribution is 0.683. The summed E-state index contributed by atoms with van der Waals surface area (Å²) in [5.41, 5.74) is 0. The van der Waals surface area contributed by atoms with Gasteiger partial charge in [-0.3, -0.25) is 0 Å². The van der Waals surface area contributed by atoms with Crippen LogP contribution < -0.4 is 5.32 Å². The molecule has 0 bridgehead atoms. The molecule has 0 amide bonds. The van der Waals surface area contributed by atoms with Crippen LogP contribution in [0.25, 0.3) is 0 Å². The molecule has 0 heterocycles. The Labute approximate surface area is 51.8 Å².